The Morgan fingerprint density at radius 2 is 1.67 bits per heavy atom. The maximum atomic E-state index is 10.5. The van der Waals surface area contributed by atoms with E-state index in [0.717, 1.165) is 0 Å². The van der Waals surface area contributed by atoms with Crippen LogP contribution in [-0.2, 0) is 0 Å². The van der Waals surface area contributed by atoms with Gasteiger partial charge in [-0.2, -0.15) is 8.78 Å². The summed E-state index contributed by atoms with van der Waals surface area (Å²) in [5, 5.41) is 13.9. The Balaban J connectivity index is 0. The zero-order chi connectivity index (χ0) is 7.86. The number of hydrogen-bond donors (Lipinski definition) is 2. The number of halogens is 2. The van der Waals surface area contributed by atoms with Crippen molar-refractivity contribution in [1.29, 1.82) is 0 Å². The zero-order valence-corrected chi connectivity index (χ0v) is 4.21. The van der Waals surface area contributed by atoms with Crippen molar-refractivity contribution < 1.29 is 23.8 Å². The highest BCUT2D eigenvalue weighted by Gasteiger charge is 1.86. The van der Waals surface area contributed by atoms with Crippen molar-refractivity contribution in [2.24, 2.45) is 0 Å². The Bertz CT molecular complexity index is 111. The van der Waals surface area contributed by atoms with Crippen LogP contribution in [0.2, 0.25) is 0 Å². The molecule has 5 heteroatoms. The maximum absolute atomic E-state index is 10.5. The average molecular weight is 138 g/mol. The second kappa shape index (κ2) is 6.69. The second-order valence-corrected chi connectivity index (χ2v) is 0.750. The highest BCUT2D eigenvalue weighted by atomic mass is 19.3. The van der Waals surface area contributed by atoms with Crippen molar-refractivity contribution in [1.82, 2.24) is 0 Å². The normalized spacial score (nSPS) is 6.89. The van der Waals surface area contributed by atoms with Gasteiger partial charge in [-0.05, 0) is 5.92 Å². The quantitative estimate of drug-likeness (QED) is 0.493. The van der Waals surface area contributed by atoms with Crippen LogP contribution in [0.15, 0.2) is 0 Å². The molecule has 0 aromatic rings. The van der Waals surface area contributed by atoms with Gasteiger partial charge in [-0.1, -0.05) is 0 Å². The van der Waals surface area contributed by atoms with Crippen LogP contribution in [0.25, 0.3) is 0 Å². The molecule has 52 valence electrons. The van der Waals surface area contributed by atoms with Crippen LogP contribution in [0.4, 0.5) is 13.6 Å². The Morgan fingerprint density at radius 1 is 1.56 bits per heavy atom. The Kier molecular flexibility index (Phi) is 7.90. The molecule has 0 aliphatic carbocycles. The third-order valence-corrected chi connectivity index (χ3v) is 0.126. The molecule has 0 fully saturated rings. The second-order valence-electron chi connectivity index (χ2n) is 0.750. The summed E-state index contributed by atoms with van der Waals surface area (Å²) in [7, 11) is 0. The van der Waals surface area contributed by atoms with E-state index in [-0.39, 0.29) is 0 Å². The smallest absolute Gasteiger partial charge is 0.450 e. The topological polar surface area (TPSA) is 57.5 Å². The van der Waals surface area contributed by atoms with Crippen LogP contribution in [0.3, 0.4) is 0 Å². The lowest BCUT2D eigenvalue weighted by Gasteiger charge is -1.71. The van der Waals surface area contributed by atoms with Crippen molar-refractivity contribution in [3.05, 3.63) is 0 Å². The zero-order valence-electron chi connectivity index (χ0n) is 4.21. The highest BCUT2D eigenvalue weighted by Crippen LogP contribution is 1.83. The highest BCUT2D eigenvalue weighted by molar-refractivity contribution is 5.53. The SMILES string of the molecule is C#CC(F)F.O=C(O)O. The number of carboxylic acid groups (broad SMARTS) is 2. The Hall–Kier alpha value is -1.31. The molecular weight excluding hydrogens is 134 g/mol. The molecule has 0 aliphatic rings. The lowest BCUT2D eigenvalue weighted by Crippen LogP contribution is -1.81. The van der Waals surface area contributed by atoms with Crippen molar-refractivity contribution in [3.63, 3.8) is 0 Å². The molecule has 0 amide bonds. The van der Waals surface area contributed by atoms with E-state index in [1.807, 2.05) is 0 Å². The fourth-order valence-electron chi connectivity index (χ4n) is 0. The van der Waals surface area contributed by atoms with Crippen molar-refractivity contribution >= 4 is 6.16 Å². The first-order valence-electron chi connectivity index (χ1n) is 1.67. The average Bonchev–Trinajstić information content (AvgIpc) is 1.65. The van der Waals surface area contributed by atoms with Crippen molar-refractivity contribution in [3.8, 4) is 12.3 Å². The third kappa shape index (κ3) is 309. The van der Waals surface area contributed by atoms with Crippen molar-refractivity contribution in [2.75, 3.05) is 0 Å². The minimum Gasteiger partial charge on any atom is -0.450 e. The third-order valence-electron chi connectivity index (χ3n) is 0.126. The standard InChI is InChI=1S/C3H2F2.CH2O3/c1-2-3(4)5;2-1(3)4/h1,3H;(H2,2,3,4). The lowest BCUT2D eigenvalue weighted by atomic mass is 10.8. The summed E-state index contributed by atoms with van der Waals surface area (Å²) in [5.41, 5.74) is 0. The minimum absolute atomic E-state index is 1.19. The van der Waals surface area contributed by atoms with E-state index in [0.29, 0.717) is 0 Å². The van der Waals surface area contributed by atoms with Gasteiger partial charge in [0, 0.05) is 0 Å². The van der Waals surface area contributed by atoms with E-state index in [4.69, 9.17) is 15.0 Å². The predicted molar refractivity (Wildman–Crippen MR) is 25.5 cm³/mol. The summed E-state index contributed by atoms with van der Waals surface area (Å²) in [5.74, 6) is 1.19. The molecule has 0 heterocycles. The Morgan fingerprint density at radius 3 is 1.67 bits per heavy atom. The Labute approximate surface area is 49.9 Å². The van der Waals surface area contributed by atoms with Gasteiger partial charge in [-0.25, -0.2) is 4.79 Å². The molecular formula is C4H4F2O3. The number of terminal acetylenes is 1. The monoisotopic (exact) mass is 138 g/mol. The molecule has 9 heavy (non-hydrogen) atoms. The fraction of sp³-hybridized carbons (Fsp3) is 0.250. The van der Waals surface area contributed by atoms with Crippen molar-refractivity contribution in [2.45, 2.75) is 6.43 Å². The summed E-state index contributed by atoms with van der Waals surface area (Å²) in [6.07, 6.45) is -0.250. The number of hydrogen-bond acceptors (Lipinski definition) is 1. The van der Waals surface area contributed by atoms with E-state index in [2.05, 4.69) is 6.42 Å². The summed E-state index contributed by atoms with van der Waals surface area (Å²) in [4.78, 5) is 8.56. The van der Waals surface area contributed by atoms with Gasteiger partial charge in [-0.3, -0.25) is 0 Å². The van der Waals surface area contributed by atoms with Gasteiger partial charge in [0.05, 0.1) is 0 Å². The maximum Gasteiger partial charge on any atom is 0.503 e. The van der Waals surface area contributed by atoms with E-state index >= 15 is 0 Å². The summed E-state index contributed by atoms with van der Waals surface area (Å²) in [6.45, 7) is 0. The molecule has 0 aromatic carbocycles. The fourth-order valence-corrected chi connectivity index (χ4v) is 0. The molecule has 0 aromatic heterocycles. The molecule has 0 saturated heterocycles. The molecule has 0 atom stereocenters. The van der Waals surface area contributed by atoms with Gasteiger partial charge in [-0.15, -0.1) is 6.42 Å². The molecule has 0 saturated carbocycles. The van der Waals surface area contributed by atoms with Crippen LogP contribution in [0.5, 0.6) is 0 Å². The van der Waals surface area contributed by atoms with Crippen LogP contribution in [0.1, 0.15) is 0 Å². The van der Waals surface area contributed by atoms with Crippen LogP contribution < -0.4 is 0 Å². The number of alkyl halides is 2. The molecule has 0 rings (SSSR count). The van der Waals surface area contributed by atoms with Gasteiger partial charge in [0.25, 0.3) is 6.43 Å². The summed E-state index contributed by atoms with van der Waals surface area (Å²) >= 11 is 0. The largest absolute Gasteiger partial charge is 0.503 e. The molecule has 0 radical (unpaired) electrons. The first-order valence-corrected chi connectivity index (χ1v) is 1.67. The van der Waals surface area contributed by atoms with Crippen LogP contribution >= 0.6 is 0 Å². The van der Waals surface area contributed by atoms with E-state index in [1.54, 1.807) is 0 Å². The molecule has 3 nitrogen and oxygen atoms in total. The lowest BCUT2D eigenvalue weighted by molar-refractivity contribution is 0.137. The molecule has 0 spiro atoms. The minimum atomic E-state index is -2.59. The van der Waals surface area contributed by atoms with Crippen LogP contribution in [0, 0.1) is 12.3 Å². The van der Waals surface area contributed by atoms with Gasteiger partial charge in [0.1, 0.15) is 0 Å². The predicted octanol–water partition coefficient (Wildman–Crippen LogP) is 1.11. The molecule has 0 bridgehead atoms. The van der Waals surface area contributed by atoms with Crippen LogP contribution in [-0.4, -0.2) is 22.8 Å². The summed E-state index contributed by atoms with van der Waals surface area (Å²) < 4.78 is 21.1. The van der Waals surface area contributed by atoms with E-state index in [9.17, 15) is 8.78 Å². The molecule has 2 N–H and O–H groups in total. The molecule has 0 aliphatic heterocycles. The van der Waals surface area contributed by atoms with E-state index < -0.39 is 12.6 Å². The summed E-state index contributed by atoms with van der Waals surface area (Å²) in [6, 6.07) is 0. The van der Waals surface area contributed by atoms with Gasteiger partial charge < -0.3 is 10.2 Å². The molecule has 0 unspecified atom stereocenters. The van der Waals surface area contributed by atoms with Gasteiger partial charge in [0.15, 0.2) is 0 Å². The first kappa shape index (κ1) is 10.6. The first-order chi connectivity index (χ1) is 4.00. The van der Waals surface area contributed by atoms with Gasteiger partial charge in [0.2, 0.25) is 0 Å². The number of rotatable bonds is 0. The number of carbonyl (C=O) groups is 1. The van der Waals surface area contributed by atoms with Gasteiger partial charge >= 0.3 is 6.16 Å². The van der Waals surface area contributed by atoms with E-state index in [1.165, 1.54) is 5.92 Å².